The van der Waals surface area contributed by atoms with Gasteiger partial charge in [0.05, 0.1) is 12.1 Å². The second-order valence-electron chi connectivity index (χ2n) is 4.90. The summed E-state index contributed by atoms with van der Waals surface area (Å²) in [6, 6.07) is 12.8. The Balaban J connectivity index is 1.71. The number of benzene rings is 2. The third-order valence-corrected chi connectivity index (χ3v) is 3.82. The number of amides is 1. The molecule has 21 heavy (non-hydrogen) atoms. The first kappa shape index (κ1) is 13.8. The van der Waals surface area contributed by atoms with E-state index in [9.17, 15) is 4.79 Å². The van der Waals surface area contributed by atoms with Gasteiger partial charge >= 0.3 is 0 Å². The Morgan fingerprint density at radius 2 is 2.14 bits per heavy atom. The van der Waals surface area contributed by atoms with Gasteiger partial charge in [-0.15, -0.1) is 0 Å². The normalized spacial score (nSPS) is 16.0. The van der Waals surface area contributed by atoms with Crippen molar-refractivity contribution >= 4 is 28.9 Å². The van der Waals surface area contributed by atoms with Crippen molar-refractivity contribution < 1.29 is 9.53 Å². The van der Waals surface area contributed by atoms with E-state index in [1.54, 1.807) is 25.3 Å². The van der Waals surface area contributed by atoms with Crippen LogP contribution in [0.5, 0.6) is 5.75 Å². The number of ether oxygens (including phenoxy) is 1. The summed E-state index contributed by atoms with van der Waals surface area (Å²) in [5.74, 6) is 0.465. The van der Waals surface area contributed by atoms with Crippen molar-refractivity contribution in [2.45, 2.75) is 12.5 Å². The van der Waals surface area contributed by atoms with Crippen LogP contribution in [-0.2, 0) is 11.2 Å². The number of fused-ring (bicyclic) bond motifs is 1. The van der Waals surface area contributed by atoms with Gasteiger partial charge < -0.3 is 15.4 Å². The van der Waals surface area contributed by atoms with Gasteiger partial charge in [0.2, 0.25) is 5.91 Å². The van der Waals surface area contributed by atoms with Crippen LogP contribution in [0.25, 0.3) is 0 Å². The van der Waals surface area contributed by atoms with Crippen molar-refractivity contribution in [2.24, 2.45) is 0 Å². The summed E-state index contributed by atoms with van der Waals surface area (Å²) < 4.78 is 5.14. The van der Waals surface area contributed by atoms with Crippen LogP contribution in [0.3, 0.4) is 0 Å². The van der Waals surface area contributed by atoms with E-state index in [1.807, 2.05) is 24.3 Å². The quantitative estimate of drug-likeness (QED) is 0.914. The minimum atomic E-state index is -0.260. The summed E-state index contributed by atoms with van der Waals surface area (Å²) in [7, 11) is 1.54. The lowest BCUT2D eigenvalue weighted by molar-refractivity contribution is -0.116. The second kappa shape index (κ2) is 5.66. The van der Waals surface area contributed by atoms with Crippen molar-refractivity contribution in [3.8, 4) is 5.75 Å². The maximum atomic E-state index is 12.3. The molecule has 0 saturated heterocycles. The van der Waals surface area contributed by atoms with Gasteiger partial charge in [-0.3, -0.25) is 4.79 Å². The molecule has 0 fully saturated rings. The molecule has 0 unspecified atom stereocenters. The van der Waals surface area contributed by atoms with Crippen molar-refractivity contribution in [3.63, 3.8) is 0 Å². The molecule has 0 aliphatic carbocycles. The van der Waals surface area contributed by atoms with Crippen molar-refractivity contribution in [1.29, 1.82) is 0 Å². The number of methoxy groups -OCH3 is 1. The fourth-order valence-electron chi connectivity index (χ4n) is 2.42. The molecule has 1 aliphatic heterocycles. The fourth-order valence-corrected chi connectivity index (χ4v) is 2.62. The monoisotopic (exact) mass is 302 g/mol. The lowest BCUT2D eigenvalue weighted by atomic mass is 10.1. The summed E-state index contributed by atoms with van der Waals surface area (Å²) in [6.45, 7) is 0. The summed E-state index contributed by atoms with van der Waals surface area (Å²) >= 11 is 5.97. The van der Waals surface area contributed by atoms with Gasteiger partial charge in [-0.1, -0.05) is 29.8 Å². The number of hydrogen-bond acceptors (Lipinski definition) is 3. The van der Waals surface area contributed by atoms with E-state index in [0.717, 1.165) is 11.3 Å². The molecule has 108 valence electrons. The Hall–Kier alpha value is -2.20. The molecule has 0 aromatic heterocycles. The summed E-state index contributed by atoms with van der Waals surface area (Å²) in [5, 5.41) is 6.62. The van der Waals surface area contributed by atoms with Crippen molar-refractivity contribution in [3.05, 3.63) is 53.1 Å². The number of carbonyl (C=O) groups excluding carboxylic acids is 1. The molecule has 5 heteroatoms. The minimum Gasteiger partial charge on any atom is -0.495 e. The van der Waals surface area contributed by atoms with E-state index in [-0.39, 0.29) is 11.9 Å². The number of hydrogen-bond donors (Lipinski definition) is 2. The molecule has 0 saturated carbocycles. The molecule has 2 aromatic carbocycles. The van der Waals surface area contributed by atoms with Crippen LogP contribution in [0, 0.1) is 0 Å². The van der Waals surface area contributed by atoms with Gasteiger partial charge in [-0.2, -0.15) is 0 Å². The standard InChI is InChI=1S/C16H15ClN2O2/c1-21-15-9-11(6-7-12(15)17)18-16(20)14-8-10-4-2-3-5-13(10)19-14/h2-7,9,14,19H,8H2,1H3,(H,18,20)/t14-/m0/s1. The third-order valence-electron chi connectivity index (χ3n) is 3.51. The smallest absolute Gasteiger partial charge is 0.247 e. The molecule has 1 aliphatic rings. The SMILES string of the molecule is COc1cc(NC(=O)[C@@H]2Cc3ccccc3N2)ccc1Cl. The Bertz CT molecular complexity index is 663. The topological polar surface area (TPSA) is 50.4 Å². The first-order valence-corrected chi connectivity index (χ1v) is 7.04. The molecule has 4 nitrogen and oxygen atoms in total. The Kier molecular flexibility index (Phi) is 3.71. The zero-order valence-electron chi connectivity index (χ0n) is 11.5. The number of nitrogens with one attached hydrogen (secondary N) is 2. The highest BCUT2D eigenvalue weighted by Crippen LogP contribution is 2.29. The van der Waals surface area contributed by atoms with Crippen LogP contribution in [0.15, 0.2) is 42.5 Å². The number of para-hydroxylation sites is 1. The predicted octanol–water partition coefficient (Wildman–Crippen LogP) is 3.32. The molecule has 0 radical (unpaired) electrons. The maximum Gasteiger partial charge on any atom is 0.247 e. The number of anilines is 2. The maximum absolute atomic E-state index is 12.3. The fraction of sp³-hybridized carbons (Fsp3) is 0.188. The van der Waals surface area contributed by atoms with Gasteiger partial charge in [0.25, 0.3) is 0 Å². The summed E-state index contributed by atoms with van der Waals surface area (Å²) in [4.78, 5) is 12.3. The second-order valence-corrected chi connectivity index (χ2v) is 5.30. The molecule has 0 spiro atoms. The summed E-state index contributed by atoms with van der Waals surface area (Å²) in [6.07, 6.45) is 0.687. The van der Waals surface area contributed by atoms with Gasteiger partial charge in [0.1, 0.15) is 11.8 Å². The molecule has 0 bridgehead atoms. The Labute approximate surface area is 128 Å². The van der Waals surface area contributed by atoms with E-state index in [0.29, 0.717) is 22.9 Å². The van der Waals surface area contributed by atoms with E-state index in [1.165, 1.54) is 0 Å². The number of halogens is 1. The van der Waals surface area contributed by atoms with E-state index in [4.69, 9.17) is 16.3 Å². The lowest BCUT2D eigenvalue weighted by Crippen LogP contribution is -2.32. The van der Waals surface area contributed by atoms with Crippen LogP contribution in [0.4, 0.5) is 11.4 Å². The average Bonchev–Trinajstić information content (AvgIpc) is 2.93. The van der Waals surface area contributed by atoms with Crippen LogP contribution in [0.2, 0.25) is 5.02 Å². The van der Waals surface area contributed by atoms with Crippen molar-refractivity contribution in [2.75, 3.05) is 17.7 Å². The molecular formula is C16H15ClN2O2. The molecule has 1 heterocycles. The summed E-state index contributed by atoms with van der Waals surface area (Å²) in [5.41, 5.74) is 2.84. The highest BCUT2D eigenvalue weighted by Gasteiger charge is 2.26. The molecule has 3 rings (SSSR count). The first-order valence-electron chi connectivity index (χ1n) is 6.66. The lowest BCUT2D eigenvalue weighted by Gasteiger charge is -2.13. The van der Waals surface area contributed by atoms with Gasteiger partial charge in [0.15, 0.2) is 0 Å². The van der Waals surface area contributed by atoms with Crippen LogP contribution >= 0.6 is 11.6 Å². The molecule has 2 N–H and O–H groups in total. The Morgan fingerprint density at radius 3 is 2.90 bits per heavy atom. The molecule has 1 atom stereocenters. The number of carbonyl (C=O) groups is 1. The highest BCUT2D eigenvalue weighted by atomic mass is 35.5. The molecule has 2 aromatic rings. The minimum absolute atomic E-state index is 0.0735. The highest BCUT2D eigenvalue weighted by molar-refractivity contribution is 6.32. The third kappa shape index (κ3) is 2.81. The van der Waals surface area contributed by atoms with Gasteiger partial charge in [0, 0.05) is 23.9 Å². The average molecular weight is 303 g/mol. The first-order chi connectivity index (χ1) is 10.2. The zero-order chi connectivity index (χ0) is 14.8. The van der Waals surface area contributed by atoms with Gasteiger partial charge in [-0.25, -0.2) is 0 Å². The van der Waals surface area contributed by atoms with E-state index >= 15 is 0 Å². The number of rotatable bonds is 3. The van der Waals surface area contributed by atoms with Crippen molar-refractivity contribution in [1.82, 2.24) is 0 Å². The van der Waals surface area contributed by atoms with E-state index < -0.39 is 0 Å². The van der Waals surface area contributed by atoms with E-state index in [2.05, 4.69) is 10.6 Å². The Morgan fingerprint density at radius 1 is 1.33 bits per heavy atom. The molecular weight excluding hydrogens is 288 g/mol. The van der Waals surface area contributed by atoms with Crippen LogP contribution in [0.1, 0.15) is 5.56 Å². The van der Waals surface area contributed by atoms with Crippen LogP contribution < -0.4 is 15.4 Å². The molecule has 1 amide bonds. The zero-order valence-corrected chi connectivity index (χ0v) is 12.3. The van der Waals surface area contributed by atoms with Crippen LogP contribution in [-0.4, -0.2) is 19.1 Å². The largest absolute Gasteiger partial charge is 0.495 e. The predicted molar refractivity (Wildman–Crippen MR) is 84.2 cm³/mol. The van der Waals surface area contributed by atoms with Gasteiger partial charge in [-0.05, 0) is 23.8 Å².